The molecule has 152 valence electrons. The van der Waals surface area contributed by atoms with E-state index < -0.39 is 27.8 Å². The van der Waals surface area contributed by atoms with Crippen LogP contribution >= 0.6 is 11.3 Å². The highest BCUT2D eigenvalue weighted by Crippen LogP contribution is 2.23. The molecular weight excluding hydrogens is 408 g/mol. The largest absolute Gasteiger partial charge is 0.466 e. The Kier molecular flexibility index (Phi) is 6.08. The van der Waals surface area contributed by atoms with Crippen LogP contribution in [0.5, 0.6) is 0 Å². The third-order valence-corrected chi connectivity index (χ3v) is 6.84. The topological polar surface area (TPSA) is 135 Å². The molecule has 2 aliphatic heterocycles. The molecule has 0 aliphatic carbocycles. The Hall–Kier alpha value is -2.34. The molecule has 1 saturated heterocycles. The number of hydrogen-bond donors (Lipinski definition) is 1. The maximum absolute atomic E-state index is 12.5. The lowest BCUT2D eigenvalue weighted by Gasteiger charge is -2.27. The van der Waals surface area contributed by atoms with E-state index in [4.69, 9.17) is 4.74 Å². The van der Waals surface area contributed by atoms with Gasteiger partial charge >= 0.3 is 5.97 Å². The molecule has 12 heteroatoms. The molecule has 0 saturated carbocycles. The van der Waals surface area contributed by atoms with Crippen molar-refractivity contribution in [1.29, 1.82) is 0 Å². The maximum atomic E-state index is 12.5. The molecule has 28 heavy (non-hydrogen) atoms. The van der Waals surface area contributed by atoms with Gasteiger partial charge in [0.25, 0.3) is 5.91 Å². The number of hydrazone groups is 1. The number of hydrogen-bond acceptors (Lipinski definition) is 9. The molecule has 0 bridgehead atoms. The van der Waals surface area contributed by atoms with Gasteiger partial charge in [-0.05, 0) is 13.3 Å². The summed E-state index contributed by atoms with van der Waals surface area (Å²) in [6.07, 6.45) is 0.590. The summed E-state index contributed by atoms with van der Waals surface area (Å²) < 4.78 is 28.2. The first-order valence-corrected chi connectivity index (χ1v) is 11.5. The van der Waals surface area contributed by atoms with Crippen molar-refractivity contribution < 1.29 is 27.5 Å². The third kappa shape index (κ3) is 4.93. The Morgan fingerprint density at radius 3 is 2.86 bits per heavy atom. The van der Waals surface area contributed by atoms with Gasteiger partial charge in [0.2, 0.25) is 5.91 Å². The van der Waals surface area contributed by atoms with E-state index in [0.29, 0.717) is 17.2 Å². The molecule has 1 fully saturated rings. The molecule has 1 N–H and O–H groups in total. The van der Waals surface area contributed by atoms with Gasteiger partial charge in [0.05, 0.1) is 36.3 Å². The Morgan fingerprint density at radius 2 is 2.18 bits per heavy atom. The van der Waals surface area contributed by atoms with Gasteiger partial charge in [0.1, 0.15) is 5.71 Å². The van der Waals surface area contributed by atoms with Crippen molar-refractivity contribution in [2.45, 2.75) is 38.6 Å². The van der Waals surface area contributed by atoms with Gasteiger partial charge in [-0.2, -0.15) is 5.10 Å². The molecule has 3 heterocycles. The summed E-state index contributed by atoms with van der Waals surface area (Å²) in [4.78, 5) is 40.2. The van der Waals surface area contributed by atoms with Crippen molar-refractivity contribution in [3.8, 4) is 0 Å². The molecule has 0 radical (unpaired) electrons. The van der Waals surface area contributed by atoms with Crippen LogP contribution < -0.4 is 5.32 Å². The fourth-order valence-corrected chi connectivity index (χ4v) is 5.36. The second kappa shape index (κ2) is 8.35. The number of anilines is 1. The number of aromatic nitrogens is 1. The molecule has 1 atom stereocenters. The fraction of sp³-hybridized carbons (Fsp3) is 0.562. The predicted molar refractivity (Wildman–Crippen MR) is 102 cm³/mol. The van der Waals surface area contributed by atoms with Crippen LogP contribution in [0.3, 0.4) is 0 Å². The highest BCUT2D eigenvalue weighted by atomic mass is 32.2. The summed E-state index contributed by atoms with van der Waals surface area (Å²) in [6.45, 7) is 1.99. The Balaban J connectivity index is 1.65. The number of nitrogens with zero attached hydrogens (tertiary/aromatic N) is 3. The van der Waals surface area contributed by atoms with Gasteiger partial charge in [0.15, 0.2) is 15.0 Å². The second-order valence-electron chi connectivity index (χ2n) is 6.42. The summed E-state index contributed by atoms with van der Waals surface area (Å²) in [5.74, 6) is -1.31. The minimum Gasteiger partial charge on any atom is -0.466 e. The molecule has 0 spiro atoms. The van der Waals surface area contributed by atoms with Crippen molar-refractivity contribution in [3.05, 3.63) is 11.1 Å². The highest BCUT2D eigenvalue weighted by molar-refractivity contribution is 7.91. The summed E-state index contributed by atoms with van der Waals surface area (Å²) in [6, 6.07) is -0.531. The zero-order valence-electron chi connectivity index (χ0n) is 15.2. The first kappa shape index (κ1) is 20.4. The number of rotatable bonds is 6. The van der Waals surface area contributed by atoms with Crippen molar-refractivity contribution in [3.63, 3.8) is 0 Å². The van der Waals surface area contributed by atoms with Crippen molar-refractivity contribution >= 4 is 49.8 Å². The van der Waals surface area contributed by atoms with Gasteiger partial charge in [-0.3, -0.25) is 19.7 Å². The van der Waals surface area contributed by atoms with E-state index in [1.807, 2.05) is 0 Å². The van der Waals surface area contributed by atoms with E-state index in [1.165, 1.54) is 0 Å². The Bertz CT molecular complexity index is 923. The molecule has 0 aromatic carbocycles. The number of carbonyl (C=O) groups excluding carboxylic acids is 3. The van der Waals surface area contributed by atoms with Crippen LogP contribution in [0.25, 0.3) is 0 Å². The zero-order valence-corrected chi connectivity index (χ0v) is 16.8. The van der Waals surface area contributed by atoms with Crippen LogP contribution in [0.1, 0.15) is 31.9 Å². The summed E-state index contributed by atoms with van der Waals surface area (Å²) >= 11 is 1.16. The van der Waals surface area contributed by atoms with E-state index in [0.717, 1.165) is 16.3 Å². The number of carbonyl (C=O) groups is 3. The van der Waals surface area contributed by atoms with E-state index >= 15 is 0 Å². The number of thiazole rings is 1. The van der Waals surface area contributed by atoms with Gasteiger partial charge < -0.3 is 4.74 Å². The van der Waals surface area contributed by atoms with E-state index in [2.05, 4.69) is 15.4 Å². The average molecular weight is 428 g/mol. The van der Waals surface area contributed by atoms with Crippen LogP contribution in [0.15, 0.2) is 10.5 Å². The van der Waals surface area contributed by atoms with Crippen molar-refractivity contribution in [2.24, 2.45) is 5.10 Å². The lowest BCUT2D eigenvalue weighted by atomic mass is 10.1. The molecule has 3 rings (SSSR count). The average Bonchev–Trinajstić information content (AvgIpc) is 3.21. The summed E-state index contributed by atoms with van der Waals surface area (Å²) in [5, 5.41) is 9.81. The summed E-state index contributed by atoms with van der Waals surface area (Å²) in [7, 11) is -3.18. The molecular formula is C16H20N4O6S2. The van der Waals surface area contributed by atoms with E-state index in [1.54, 1.807) is 12.3 Å². The third-order valence-electron chi connectivity index (χ3n) is 4.28. The van der Waals surface area contributed by atoms with Gasteiger partial charge in [0, 0.05) is 18.2 Å². The van der Waals surface area contributed by atoms with Crippen LogP contribution in [0.2, 0.25) is 0 Å². The maximum Gasteiger partial charge on any atom is 0.311 e. The van der Waals surface area contributed by atoms with Gasteiger partial charge in [-0.25, -0.2) is 18.4 Å². The van der Waals surface area contributed by atoms with E-state index in [9.17, 15) is 22.8 Å². The lowest BCUT2D eigenvalue weighted by Crippen LogP contribution is -2.42. The van der Waals surface area contributed by atoms with Crippen LogP contribution in [-0.4, -0.2) is 66.1 Å². The minimum atomic E-state index is -3.18. The zero-order chi connectivity index (χ0) is 20.3. The van der Waals surface area contributed by atoms with Crippen LogP contribution in [-0.2, 0) is 35.4 Å². The SMILES string of the molecule is CCOC(=O)Cc1csc(NC(=O)C2=NN(C3CCS(=O)(=O)C3)C(=O)CC2)n1. The van der Waals surface area contributed by atoms with Crippen molar-refractivity contribution in [2.75, 3.05) is 23.4 Å². The molecule has 1 aromatic rings. The summed E-state index contributed by atoms with van der Waals surface area (Å²) in [5.41, 5.74) is 0.628. The first-order valence-electron chi connectivity index (χ1n) is 8.78. The Labute approximate surface area is 165 Å². The highest BCUT2D eigenvalue weighted by Gasteiger charge is 2.37. The van der Waals surface area contributed by atoms with Gasteiger partial charge in [-0.15, -0.1) is 11.3 Å². The molecule has 2 amide bonds. The normalized spacial score (nSPS) is 21.3. The van der Waals surface area contributed by atoms with Crippen LogP contribution in [0, 0.1) is 0 Å². The number of ether oxygens (including phenoxy) is 1. The minimum absolute atomic E-state index is 0.0135. The van der Waals surface area contributed by atoms with Crippen molar-refractivity contribution in [1.82, 2.24) is 9.99 Å². The van der Waals surface area contributed by atoms with Crippen LogP contribution in [0.4, 0.5) is 5.13 Å². The standard InChI is InChI=1S/C16H20N4O6S2/c1-2-26-14(22)7-10-8-27-16(17-10)18-15(23)12-3-4-13(21)20(19-12)11-5-6-28(24,25)9-11/h8,11H,2-7,9H2,1H3,(H,17,18,23). The lowest BCUT2D eigenvalue weighted by molar-refractivity contribution is -0.142. The second-order valence-corrected chi connectivity index (χ2v) is 9.51. The fourth-order valence-electron chi connectivity index (χ4n) is 2.96. The molecule has 2 aliphatic rings. The van der Waals surface area contributed by atoms with Gasteiger partial charge in [-0.1, -0.05) is 0 Å². The number of amides is 2. The monoisotopic (exact) mass is 428 g/mol. The molecule has 10 nitrogen and oxygen atoms in total. The van der Waals surface area contributed by atoms with E-state index in [-0.39, 0.29) is 49.0 Å². The predicted octanol–water partition coefficient (Wildman–Crippen LogP) is 0.353. The number of sulfone groups is 1. The number of nitrogens with one attached hydrogen (secondary N) is 1. The molecule has 1 aromatic heterocycles. The molecule has 1 unspecified atom stereocenters. The number of esters is 1. The Morgan fingerprint density at radius 1 is 1.39 bits per heavy atom. The smallest absolute Gasteiger partial charge is 0.311 e. The quantitative estimate of drug-likeness (QED) is 0.646. The first-order chi connectivity index (χ1) is 13.3.